The number of nitrogens with zero attached hydrogens (tertiary/aromatic N) is 1. The second-order valence-electron chi connectivity index (χ2n) is 3.59. The zero-order valence-corrected chi connectivity index (χ0v) is 10.1. The SMILES string of the molecule is CC(=O)SCCC(O)C(O)c1cn[nH]c1C. The zero-order chi connectivity index (χ0) is 12.1. The fourth-order valence-electron chi connectivity index (χ4n) is 1.35. The van der Waals surface area contributed by atoms with Crippen molar-refractivity contribution in [3.05, 3.63) is 17.5 Å². The van der Waals surface area contributed by atoms with Crippen molar-refractivity contribution in [3.8, 4) is 0 Å². The fraction of sp³-hybridized carbons (Fsp3) is 0.600. The molecule has 0 saturated carbocycles. The highest BCUT2D eigenvalue weighted by Gasteiger charge is 2.21. The number of aliphatic hydroxyl groups excluding tert-OH is 2. The molecule has 0 aromatic carbocycles. The third kappa shape index (κ3) is 3.62. The molecule has 0 fully saturated rings. The smallest absolute Gasteiger partial charge is 0.185 e. The Bertz CT molecular complexity index is 354. The minimum absolute atomic E-state index is 0.0150. The second kappa shape index (κ2) is 6.03. The van der Waals surface area contributed by atoms with Gasteiger partial charge >= 0.3 is 0 Å². The molecule has 2 atom stereocenters. The van der Waals surface area contributed by atoms with Gasteiger partial charge in [-0.25, -0.2) is 0 Å². The first-order chi connectivity index (χ1) is 7.52. The quantitative estimate of drug-likeness (QED) is 0.712. The summed E-state index contributed by atoms with van der Waals surface area (Å²) in [5.74, 6) is 0.504. The van der Waals surface area contributed by atoms with Crippen molar-refractivity contribution in [3.63, 3.8) is 0 Å². The Morgan fingerprint density at radius 2 is 2.31 bits per heavy atom. The molecule has 0 aliphatic rings. The second-order valence-corrected chi connectivity index (χ2v) is 4.86. The van der Waals surface area contributed by atoms with Gasteiger partial charge in [0.25, 0.3) is 0 Å². The summed E-state index contributed by atoms with van der Waals surface area (Å²) in [5, 5.41) is 26.0. The first kappa shape index (κ1) is 13.2. The average Bonchev–Trinajstić information content (AvgIpc) is 2.62. The summed E-state index contributed by atoms with van der Waals surface area (Å²) in [6.07, 6.45) is 0.0478. The van der Waals surface area contributed by atoms with Gasteiger partial charge in [-0.05, 0) is 13.3 Å². The lowest BCUT2D eigenvalue weighted by Gasteiger charge is -2.16. The van der Waals surface area contributed by atoms with Crippen LogP contribution in [0.5, 0.6) is 0 Å². The van der Waals surface area contributed by atoms with Crippen LogP contribution in [0.15, 0.2) is 6.20 Å². The van der Waals surface area contributed by atoms with Gasteiger partial charge in [0.05, 0.1) is 12.3 Å². The largest absolute Gasteiger partial charge is 0.390 e. The zero-order valence-electron chi connectivity index (χ0n) is 9.30. The van der Waals surface area contributed by atoms with Gasteiger partial charge in [0, 0.05) is 23.9 Å². The van der Waals surface area contributed by atoms with Gasteiger partial charge in [-0.2, -0.15) is 5.10 Å². The van der Waals surface area contributed by atoms with Crippen molar-refractivity contribution in [1.82, 2.24) is 10.2 Å². The summed E-state index contributed by atoms with van der Waals surface area (Å²) in [6.45, 7) is 3.26. The van der Waals surface area contributed by atoms with Gasteiger partial charge in [0.2, 0.25) is 0 Å². The molecule has 6 heteroatoms. The van der Waals surface area contributed by atoms with E-state index in [2.05, 4.69) is 10.2 Å². The van der Waals surface area contributed by atoms with Crippen LogP contribution in [0.3, 0.4) is 0 Å². The van der Waals surface area contributed by atoms with E-state index < -0.39 is 12.2 Å². The van der Waals surface area contributed by atoms with Gasteiger partial charge in [-0.1, -0.05) is 11.8 Å². The maximum absolute atomic E-state index is 10.7. The monoisotopic (exact) mass is 244 g/mol. The molecule has 0 spiro atoms. The number of nitrogens with one attached hydrogen (secondary N) is 1. The molecule has 1 rings (SSSR count). The molecular formula is C10H16N2O3S. The Morgan fingerprint density at radius 1 is 1.62 bits per heavy atom. The fourth-order valence-corrected chi connectivity index (χ4v) is 1.99. The number of aliphatic hydroxyl groups is 2. The number of H-pyrrole nitrogens is 1. The van der Waals surface area contributed by atoms with Gasteiger partial charge in [0.15, 0.2) is 5.12 Å². The Morgan fingerprint density at radius 3 is 2.81 bits per heavy atom. The van der Waals surface area contributed by atoms with E-state index >= 15 is 0 Å². The number of hydrogen-bond acceptors (Lipinski definition) is 5. The summed E-state index contributed by atoms with van der Waals surface area (Å²) in [6, 6.07) is 0. The number of hydrogen-bond donors (Lipinski definition) is 3. The van der Waals surface area contributed by atoms with Crippen molar-refractivity contribution < 1.29 is 15.0 Å². The van der Waals surface area contributed by atoms with Gasteiger partial charge in [-0.15, -0.1) is 0 Å². The van der Waals surface area contributed by atoms with Crippen LogP contribution in [-0.2, 0) is 4.79 Å². The normalized spacial score (nSPS) is 14.8. The number of aryl methyl sites for hydroxylation is 1. The number of aromatic nitrogens is 2. The standard InChI is InChI=1S/C10H16N2O3S/c1-6-8(5-11-12-6)10(15)9(14)3-4-16-7(2)13/h5,9-10,14-15H,3-4H2,1-2H3,(H,11,12). The molecule has 0 aliphatic carbocycles. The van der Waals surface area contributed by atoms with Crippen LogP contribution in [0.2, 0.25) is 0 Å². The third-order valence-corrected chi connectivity index (χ3v) is 3.12. The Hall–Kier alpha value is -0.850. The van der Waals surface area contributed by atoms with E-state index in [-0.39, 0.29) is 5.12 Å². The Kier molecular flexibility index (Phi) is 4.98. The average molecular weight is 244 g/mol. The van der Waals surface area contributed by atoms with Crippen molar-refractivity contribution in [2.45, 2.75) is 32.5 Å². The topological polar surface area (TPSA) is 86.2 Å². The molecular weight excluding hydrogens is 228 g/mol. The molecule has 5 nitrogen and oxygen atoms in total. The Labute approximate surface area is 98.3 Å². The summed E-state index contributed by atoms with van der Waals surface area (Å²) in [5.41, 5.74) is 1.34. The van der Waals surface area contributed by atoms with Crippen LogP contribution in [0, 0.1) is 6.92 Å². The van der Waals surface area contributed by atoms with E-state index in [1.165, 1.54) is 13.1 Å². The molecule has 3 N–H and O–H groups in total. The molecule has 1 aromatic heterocycles. The highest BCUT2D eigenvalue weighted by molar-refractivity contribution is 8.13. The van der Waals surface area contributed by atoms with Gasteiger partial charge < -0.3 is 10.2 Å². The number of aromatic amines is 1. The maximum atomic E-state index is 10.7. The van der Waals surface area contributed by atoms with E-state index in [9.17, 15) is 15.0 Å². The summed E-state index contributed by atoms with van der Waals surface area (Å²) in [4.78, 5) is 10.7. The lowest BCUT2D eigenvalue weighted by atomic mass is 10.0. The molecule has 0 amide bonds. The van der Waals surface area contributed by atoms with E-state index in [4.69, 9.17) is 0 Å². The first-order valence-corrected chi connectivity index (χ1v) is 6.00. The number of rotatable bonds is 5. The lowest BCUT2D eigenvalue weighted by molar-refractivity contribution is -0.109. The van der Waals surface area contributed by atoms with Crippen molar-refractivity contribution in [2.75, 3.05) is 5.75 Å². The summed E-state index contributed by atoms with van der Waals surface area (Å²) >= 11 is 1.14. The van der Waals surface area contributed by atoms with Crippen molar-refractivity contribution in [1.29, 1.82) is 0 Å². The first-order valence-electron chi connectivity index (χ1n) is 5.01. The predicted molar refractivity (Wildman–Crippen MR) is 62.0 cm³/mol. The molecule has 0 bridgehead atoms. The molecule has 1 aromatic rings. The van der Waals surface area contributed by atoms with Crippen LogP contribution in [0.25, 0.3) is 0 Å². The van der Waals surface area contributed by atoms with Crippen LogP contribution in [0.4, 0.5) is 0 Å². The molecule has 0 aliphatic heterocycles. The third-order valence-electron chi connectivity index (χ3n) is 2.27. The van der Waals surface area contributed by atoms with Gasteiger partial charge in [-0.3, -0.25) is 9.89 Å². The van der Waals surface area contributed by atoms with E-state index in [0.717, 1.165) is 17.5 Å². The minimum atomic E-state index is -0.952. The summed E-state index contributed by atoms with van der Waals surface area (Å²) in [7, 11) is 0. The van der Waals surface area contributed by atoms with E-state index in [1.807, 2.05) is 0 Å². The number of carbonyl (C=O) groups excluding carboxylic acids is 1. The van der Waals surface area contributed by atoms with E-state index in [1.54, 1.807) is 6.92 Å². The highest BCUT2D eigenvalue weighted by atomic mass is 32.2. The molecule has 0 saturated heterocycles. The van der Waals surface area contributed by atoms with E-state index in [0.29, 0.717) is 17.7 Å². The van der Waals surface area contributed by atoms with Crippen molar-refractivity contribution >= 4 is 16.9 Å². The molecule has 2 unspecified atom stereocenters. The molecule has 1 heterocycles. The van der Waals surface area contributed by atoms with Crippen LogP contribution in [0.1, 0.15) is 30.7 Å². The predicted octanol–water partition coefficient (Wildman–Crippen LogP) is 0.782. The van der Waals surface area contributed by atoms with Crippen LogP contribution in [-0.4, -0.2) is 37.4 Å². The maximum Gasteiger partial charge on any atom is 0.185 e. The van der Waals surface area contributed by atoms with Gasteiger partial charge in [0.1, 0.15) is 6.10 Å². The number of carbonyl (C=O) groups is 1. The molecule has 16 heavy (non-hydrogen) atoms. The highest BCUT2D eigenvalue weighted by Crippen LogP contribution is 2.21. The molecule has 90 valence electrons. The molecule has 0 radical (unpaired) electrons. The van der Waals surface area contributed by atoms with Crippen LogP contribution < -0.4 is 0 Å². The lowest BCUT2D eigenvalue weighted by Crippen LogP contribution is -2.19. The Balaban J connectivity index is 2.45. The minimum Gasteiger partial charge on any atom is -0.390 e. The van der Waals surface area contributed by atoms with Crippen LogP contribution >= 0.6 is 11.8 Å². The van der Waals surface area contributed by atoms with Crippen molar-refractivity contribution in [2.24, 2.45) is 0 Å². The number of thioether (sulfide) groups is 1. The summed E-state index contributed by atoms with van der Waals surface area (Å²) < 4.78 is 0.